The van der Waals surface area contributed by atoms with Gasteiger partial charge in [-0.2, -0.15) is 0 Å². The number of likely N-dealkylation sites (N-methyl/N-ethyl adjacent to an activating group) is 1. The van der Waals surface area contributed by atoms with Gasteiger partial charge in [-0.15, -0.1) is 0 Å². The Bertz CT molecular complexity index is 463. The molecule has 98 valence electrons. The van der Waals surface area contributed by atoms with E-state index in [1.165, 1.54) is 6.92 Å². The van der Waals surface area contributed by atoms with E-state index in [2.05, 4.69) is 27.9 Å². The predicted octanol–water partition coefficient (Wildman–Crippen LogP) is 1.55. The number of hydrogen-bond acceptors (Lipinski definition) is 4. The van der Waals surface area contributed by atoms with Crippen molar-refractivity contribution < 1.29 is 14.3 Å². The fraction of sp³-hybridized carbons (Fsp3) is 0.333. The van der Waals surface area contributed by atoms with Crippen LogP contribution in [0.4, 0.5) is 5.69 Å². The van der Waals surface area contributed by atoms with Crippen LogP contribution in [0.2, 0.25) is 0 Å². The van der Waals surface area contributed by atoms with Crippen molar-refractivity contribution in [3.63, 3.8) is 0 Å². The van der Waals surface area contributed by atoms with Gasteiger partial charge in [-0.05, 0) is 54.6 Å². The van der Waals surface area contributed by atoms with E-state index in [1.54, 1.807) is 25.1 Å². The van der Waals surface area contributed by atoms with Gasteiger partial charge < -0.3 is 15.8 Å². The smallest absolute Gasteiger partial charge is 0.341 e. The summed E-state index contributed by atoms with van der Waals surface area (Å²) < 4.78 is 5.93. The van der Waals surface area contributed by atoms with Crippen LogP contribution >= 0.6 is 22.6 Å². The van der Waals surface area contributed by atoms with E-state index >= 15 is 0 Å². The second kappa shape index (κ2) is 6.58. The summed E-state index contributed by atoms with van der Waals surface area (Å²) in [6, 6.07) is 5.05. The highest BCUT2D eigenvalue weighted by atomic mass is 127. The monoisotopic (exact) mass is 362 g/mol. The second-order valence-corrected chi connectivity index (χ2v) is 4.92. The van der Waals surface area contributed by atoms with E-state index in [0.717, 1.165) is 3.57 Å². The Morgan fingerprint density at radius 1 is 1.50 bits per heavy atom. The lowest BCUT2D eigenvalue weighted by Gasteiger charge is -2.13. The number of hydrogen-bond donors (Lipinski definition) is 2. The zero-order valence-electron chi connectivity index (χ0n) is 10.2. The standard InChI is InChI=1S/C12H15IN2O3/c1-3-15-11(16)7(2)18-12(17)9-6-8(13)4-5-10(9)14/h4-7H,3,14H2,1-2H3,(H,15,16)/t7-/m0/s1. The summed E-state index contributed by atoms with van der Waals surface area (Å²) in [5, 5.41) is 2.58. The molecule has 1 aromatic carbocycles. The minimum absolute atomic E-state index is 0.276. The first-order chi connectivity index (χ1) is 8.45. The van der Waals surface area contributed by atoms with Gasteiger partial charge in [0.25, 0.3) is 5.91 Å². The van der Waals surface area contributed by atoms with E-state index in [-0.39, 0.29) is 11.5 Å². The number of carbonyl (C=O) groups is 2. The fourth-order valence-corrected chi connectivity index (χ4v) is 1.79. The van der Waals surface area contributed by atoms with E-state index < -0.39 is 12.1 Å². The normalized spacial score (nSPS) is 11.7. The van der Waals surface area contributed by atoms with Crippen molar-refractivity contribution in [1.82, 2.24) is 5.32 Å². The fourth-order valence-electron chi connectivity index (χ4n) is 1.30. The van der Waals surface area contributed by atoms with Crippen molar-refractivity contribution in [2.24, 2.45) is 0 Å². The lowest BCUT2D eigenvalue weighted by atomic mass is 10.2. The maximum Gasteiger partial charge on any atom is 0.341 e. The number of carbonyl (C=O) groups excluding carboxylic acids is 2. The Kier molecular flexibility index (Phi) is 5.39. The number of halogens is 1. The van der Waals surface area contributed by atoms with Crippen LogP contribution in [0.5, 0.6) is 0 Å². The number of anilines is 1. The molecule has 0 radical (unpaired) electrons. The zero-order chi connectivity index (χ0) is 13.7. The highest BCUT2D eigenvalue weighted by Crippen LogP contribution is 2.17. The molecule has 1 atom stereocenters. The Morgan fingerprint density at radius 2 is 2.17 bits per heavy atom. The molecule has 0 unspecified atom stereocenters. The van der Waals surface area contributed by atoms with Crippen LogP contribution in [0.25, 0.3) is 0 Å². The Morgan fingerprint density at radius 3 is 2.78 bits per heavy atom. The largest absolute Gasteiger partial charge is 0.449 e. The average molecular weight is 362 g/mol. The molecule has 0 aliphatic carbocycles. The topological polar surface area (TPSA) is 81.4 Å². The van der Waals surface area contributed by atoms with Gasteiger partial charge in [-0.3, -0.25) is 4.79 Å². The number of rotatable bonds is 4. The first-order valence-electron chi connectivity index (χ1n) is 5.49. The predicted molar refractivity (Wildman–Crippen MR) is 77.1 cm³/mol. The molecule has 6 heteroatoms. The molecule has 0 aromatic heterocycles. The summed E-state index contributed by atoms with van der Waals surface area (Å²) in [4.78, 5) is 23.3. The summed E-state index contributed by atoms with van der Waals surface area (Å²) in [5.74, 6) is -0.917. The third-order valence-corrected chi connectivity index (χ3v) is 2.91. The van der Waals surface area contributed by atoms with Crippen LogP contribution in [0.1, 0.15) is 24.2 Å². The highest BCUT2D eigenvalue weighted by molar-refractivity contribution is 14.1. The SMILES string of the molecule is CCNC(=O)[C@H](C)OC(=O)c1cc(I)ccc1N. The molecule has 1 rings (SSSR count). The summed E-state index contributed by atoms with van der Waals surface area (Å²) in [6.07, 6.45) is -0.838. The lowest BCUT2D eigenvalue weighted by Crippen LogP contribution is -2.35. The summed E-state index contributed by atoms with van der Waals surface area (Å²) in [6.45, 7) is 3.81. The third kappa shape index (κ3) is 3.86. The molecule has 0 saturated carbocycles. The van der Waals surface area contributed by atoms with Crippen LogP contribution in [-0.2, 0) is 9.53 Å². The molecule has 0 bridgehead atoms. The number of ether oxygens (including phenoxy) is 1. The minimum atomic E-state index is -0.838. The molecule has 18 heavy (non-hydrogen) atoms. The van der Waals surface area contributed by atoms with Crippen molar-refractivity contribution >= 4 is 40.2 Å². The van der Waals surface area contributed by atoms with Crippen LogP contribution in [0.3, 0.4) is 0 Å². The van der Waals surface area contributed by atoms with Gasteiger partial charge in [0, 0.05) is 15.8 Å². The molecule has 1 amide bonds. The van der Waals surface area contributed by atoms with E-state index in [0.29, 0.717) is 12.2 Å². The Hall–Kier alpha value is -1.31. The van der Waals surface area contributed by atoms with Gasteiger partial charge in [0.1, 0.15) is 0 Å². The molecular formula is C12H15IN2O3. The number of nitrogen functional groups attached to an aromatic ring is 1. The highest BCUT2D eigenvalue weighted by Gasteiger charge is 2.19. The summed E-state index contributed by atoms with van der Waals surface area (Å²) in [7, 11) is 0. The lowest BCUT2D eigenvalue weighted by molar-refractivity contribution is -0.128. The number of nitrogens with two attached hydrogens (primary N) is 1. The Labute approximate surface area is 119 Å². The van der Waals surface area contributed by atoms with Gasteiger partial charge in [0.2, 0.25) is 0 Å². The second-order valence-electron chi connectivity index (χ2n) is 3.67. The number of amides is 1. The number of nitrogens with one attached hydrogen (secondary N) is 1. The maximum atomic E-state index is 11.9. The van der Waals surface area contributed by atoms with Gasteiger partial charge in [0.05, 0.1) is 5.56 Å². The maximum absolute atomic E-state index is 11.9. The Balaban J connectivity index is 2.76. The quantitative estimate of drug-likeness (QED) is 0.484. The summed E-state index contributed by atoms with van der Waals surface area (Å²) >= 11 is 2.07. The van der Waals surface area contributed by atoms with Crippen LogP contribution < -0.4 is 11.1 Å². The van der Waals surface area contributed by atoms with Crippen molar-refractivity contribution in [3.8, 4) is 0 Å². The number of benzene rings is 1. The van der Waals surface area contributed by atoms with E-state index in [9.17, 15) is 9.59 Å². The first kappa shape index (κ1) is 14.7. The van der Waals surface area contributed by atoms with Crippen LogP contribution in [-0.4, -0.2) is 24.5 Å². The van der Waals surface area contributed by atoms with Crippen molar-refractivity contribution in [1.29, 1.82) is 0 Å². The average Bonchev–Trinajstić information content (AvgIpc) is 2.32. The molecule has 0 fully saturated rings. The molecule has 1 aromatic rings. The molecule has 0 aliphatic rings. The number of esters is 1. The van der Waals surface area contributed by atoms with Crippen LogP contribution in [0.15, 0.2) is 18.2 Å². The van der Waals surface area contributed by atoms with Gasteiger partial charge >= 0.3 is 5.97 Å². The molecule has 0 saturated heterocycles. The minimum Gasteiger partial charge on any atom is -0.449 e. The first-order valence-corrected chi connectivity index (χ1v) is 6.57. The molecule has 0 heterocycles. The van der Waals surface area contributed by atoms with Gasteiger partial charge in [0.15, 0.2) is 6.10 Å². The molecule has 5 nitrogen and oxygen atoms in total. The van der Waals surface area contributed by atoms with Gasteiger partial charge in [-0.25, -0.2) is 4.79 Å². The summed E-state index contributed by atoms with van der Waals surface area (Å²) in [5.41, 5.74) is 6.31. The molecule has 0 spiro atoms. The van der Waals surface area contributed by atoms with E-state index in [4.69, 9.17) is 10.5 Å². The van der Waals surface area contributed by atoms with Crippen molar-refractivity contribution in [3.05, 3.63) is 27.3 Å². The van der Waals surface area contributed by atoms with E-state index in [1.807, 2.05) is 0 Å². The third-order valence-electron chi connectivity index (χ3n) is 2.24. The molecular weight excluding hydrogens is 347 g/mol. The van der Waals surface area contributed by atoms with Crippen molar-refractivity contribution in [2.75, 3.05) is 12.3 Å². The van der Waals surface area contributed by atoms with Crippen LogP contribution in [0, 0.1) is 3.57 Å². The molecule has 0 aliphatic heterocycles. The van der Waals surface area contributed by atoms with Crippen molar-refractivity contribution in [2.45, 2.75) is 20.0 Å². The molecule has 3 N–H and O–H groups in total. The zero-order valence-corrected chi connectivity index (χ0v) is 12.4. The van der Waals surface area contributed by atoms with Gasteiger partial charge in [-0.1, -0.05) is 0 Å².